The number of halogens is 4. The number of amides is 1. The first-order chi connectivity index (χ1) is 18.2. The molecule has 0 bridgehead atoms. The third-order valence-corrected chi connectivity index (χ3v) is 7.56. The number of likely N-dealkylation sites (tertiary alicyclic amines) is 1. The Balaban J connectivity index is 0.00000420. The van der Waals surface area contributed by atoms with Crippen LogP contribution in [0.2, 0.25) is 5.02 Å². The fourth-order valence-electron chi connectivity index (χ4n) is 5.19. The fourth-order valence-corrected chi connectivity index (χ4v) is 5.32. The van der Waals surface area contributed by atoms with E-state index in [0.29, 0.717) is 38.0 Å². The van der Waals surface area contributed by atoms with Gasteiger partial charge in [0.2, 0.25) is 5.91 Å². The molecule has 2 heterocycles. The maximum absolute atomic E-state index is 13.2. The predicted molar refractivity (Wildman–Crippen MR) is 150 cm³/mol. The van der Waals surface area contributed by atoms with Gasteiger partial charge < -0.3 is 20.0 Å². The number of hydrogen-bond donors (Lipinski definition) is 1. The first-order valence-corrected chi connectivity index (χ1v) is 13.5. The minimum atomic E-state index is -4.58. The number of nitriles is 1. The Morgan fingerprint density at radius 2 is 1.74 bits per heavy atom. The van der Waals surface area contributed by atoms with Crippen LogP contribution in [0.15, 0.2) is 42.5 Å². The summed E-state index contributed by atoms with van der Waals surface area (Å²) in [4.78, 5) is 19.4. The lowest BCUT2D eigenvalue weighted by Crippen LogP contribution is -2.42. The molecule has 0 spiro atoms. The van der Waals surface area contributed by atoms with E-state index in [-0.39, 0.29) is 24.9 Å². The zero-order valence-corrected chi connectivity index (χ0v) is 22.1. The van der Waals surface area contributed by atoms with Gasteiger partial charge in [-0.25, -0.2) is 0 Å². The summed E-state index contributed by atoms with van der Waals surface area (Å²) in [5, 5.41) is 12.9. The number of piperidine rings is 1. The summed E-state index contributed by atoms with van der Waals surface area (Å²) in [6.45, 7) is 5.97. The number of nitrogens with zero attached hydrogens (tertiary/aromatic N) is 4. The molecule has 0 atom stereocenters. The number of rotatable bonds is 7. The van der Waals surface area contributed by atoms with Crippen LogP contribution in [0.25, 0.3) is 0 Å². The number of carbonyl (C=O) groups excluding carboxylic acids is 1. The van der Waals surface area contributed by atoms with Gasteiger partial charge in [-0.2, -0.15) is 18.4 Å². The predicted octanol–water partition coefficient (Wildman–Crippen LogP) is 6.26. The maximum atomic E-state index is 13.2. The van der Waals surface area contributed by atoms with Crippen molar-refractivity contribution in [3.63, 3.8) is 0 Å². The Labute approximate surface area is 234 Å². The zero-order chi connectivity index (χ0) is 27.1. The molecular formula is C29H37ClF3N5O. The Morgan fingerprint density at radius 3 is 2.41 bits per heavy atom. The highest BCUT2D eigenvalue weighted by molar-refractivity contribution is 6.30. The average Bonchev–Trinajstić information content (AvgIpc) is 3.15. The van der Waals surface area contributed by atoms with Crippen LogP contribution in [0.5, 0.6) is 0 Å². The first-order valence-electron chi connectivity index (χ1n) is 13.1. The van der Waals surface area contributed by atoms with Crippen LogP contribution in [0, 0.1) is 11.3 Å². The Bertz CT molecular complexity index is 1130. The topological polar surface area (TPSA) is 62.6 Å². The van der Waals surface area contributed by atoms with Crippen molar-refractivity contribution >= 4 is 28.9 Å². The van der Waals surface area contributed by atoms with E-state index in [1.54, 1.807) is 6.07 Å². The minimum absolute atomic E-state index is 0. The van der Waals surface area contributed by atoms with Crippen molar-refractivity contribution in [1.29, 1.82) is 5.26 Å². The monoisotopic (exact) mass is 563 g/mol. The van der Waals surface area contributed by atoms with Gasteiger partial charge >= 0.3 is 6.18 Å². The minimum Gasteiger partial charge on any atom is -0.382 e. The van der Waals surface area contributed by atoms with Crippen molar-refractivity contribution < 1.29 is 18.0 Å². The van der Waals surface area contributed by atoms with Crippen molar-refractivity contribution in [3.8, 4) is 6.07 Å². The normalized spacial score (nSPS) is 17.2. The SMILES string of the molecule is C.N#Cc1ccc(NC2CCN(C(=O)CCCN3CCCN(c4ccc(Cl)cc4)CC3)CC2)cc1C(F)(F)F. The second kappa shape index (κ2) is 13.9. The van der Waals surface area contributed by atoms with Gasteiger partial charge in [0.05, 0.1) is 17.2 Å². The molecule has 0 unspecified atom stereocenters. The highest BCUT2D eigenvalue weighted by Crippen LogP contribution is 2.34. The molecule has 0 radical (unpaired) electrons. The molecule has 2 aromatic carbocycles. The molecule has 2 fully saturated rings. The lowest BCUT2D eigenvalue weighted by atomic mass is 10.0. The third kappa shape index (κ3) is 8.51. The van der Waals surface area contributed by atoms with Gasteiger partial charge in [-0.3, -0.25) is 4.79 Å². The van der Waals surface area contributed by atoms with Crippen LogP contribution in [0.4, 0.5) is 24.5 Å². The van der Waals surface area contributed by atoms with Crippen LogP contribution in [-0.4, -0.2) is 67.6 Å². The van der Waals surface area contributed by atoms with E-state index in [9.17, 15) is 18.0 Å². The molecule has 0 aromatic heterocycles. The van der Waals surface area contributed by atoms with Crippen molar-refractivity contribution in [2.75, 3.05) is 56.0 Å². The quantitative estimate of drug-likeness (QED) is 0.431. The smallest absolute Gasteiger partial charge is 0.382 e. The van der Waals surface area contributed by atoms with Crippen LogP contribution >= 0.6 is 11.6 Å². The molecule has 2 saturated heterocycles. The number of anilines is 2. The maximum Gasteiger partial charge on any atom is 0.417 e. The third-order valence-electron chi connectivity index (χ3n) is 7.31. The van der Waals surface area contributed by atoms with Gasteiger partial charge in [0.15, 0.2) is 0 Å². The number of carbonyl (C=O) groups is 1. The highest BCUT2D eigenvalue weighted by atomic mass is 35.5. The molecule has 2 aliphatic rings. The van der Waals surface area contributed by atoms with Gasteiger partial charge in [0.1, 0.15) is 0 Å². The van der Waals surface area contributed by atoms with Crippen LogP contribution in [-0.2, 0) is 11.0 Å². The van der Waals surface area contributed by atoms with Crippen molar-refractivity contribution in [3.05, 3.63) is 58.6 Å². The fraction of sp³-hybridized carbons (Fsp3) is 0.517. The lowest BCUT2D eigenvalue weighted by molar-refractivity contribution is -0.137. The largest absolute Gasteiger partial charge is 0.417 e. The average molecular weight is 564 g/mol. The van der Waals surface area contributed by atoms with E-state index in [2.05, 4.69) is 27.2 Å². The molecule has 1 amide bonds. The van der Waals surface area contributed by atoms with Crippen molar-refractivity contribution in [2.24, 2.45) is 0 Å². The summed E-state index contributed by atoms with van der Waals surface area (Å²) in [5.41, 5.74) is 0.208. The van der Waals surface area contributed by atoms with Gasteiger partial charge in [-0.1, -0.05) is 19.0 Å². The first kappa shape index (κ1) is 30.6. The highest BCUT2D eigenvalue weighted by Gasteiger charge is 2.34. The molecule has 1 N–H and O–H groups in total. The van der Waals surface area contributed by atoms with E-state index in [1.807, 2.05) is 17.0 Å². The van der Waals surface area contributed by atoms with E-state index in [4.69, 9.17) is 16.9 Å². The van der Waals surface area contributed by atoms with Gasteiger partial charge in [-0.05, 0) is 81.2 Å². The summed E-state index contributed by atoms with van der Waals surface area (Å²) in [7, 11) is 0. The van der Waals surface area contributed by atoms with Crippen LogP contribution in [0.3, 0.4) is 0 Å². The molecule has 0 aliphatic carbocycles. The van der Waals surface area contributed by atoms with Crippen LogP contribution in [0.1, 0.15) is 50.7 Å². The van der Waals surface area contributed by atoms with Crippen molar-refractivity contribution in [1.82, 2.24) is 9.80 Å². The van der Waals surface area contributed by atoms with E-state index < -0.39 is 11.7 Å². The summed E-state index contributed by atoms with van der Waals surface area (Å²) < 4.78 is 39.7. The van der Waals surface area contributed by atoms with E-state index in [0.717, 1.165) is 56.7 Å². The molecular weight excluding hydrogens is 527 g/mol. The van der Waals surface area contributed by atoms with E-state index in [1.165, 1.54) is 17.8 Å². The lowest BCUT2D eigenvalue weighted by Gasteiger charge is -2.33. The zero-order valence-electron chi connectivity index (χ0n) is 21.3. The van der Waals surface area contributed by atoms with Crippen molar-refractivity contribution in [2.45, 2.75) is 51.7 Å². The standard InChI is InChI=1S/C28H33ClF3N5O.CH4/c29-22-5-8-25(9-6-22)36-14-2-13-35(17-18-36)12-1-3-27(38)37-15-10-23(11-16-37)34-24-7-4-21(20-33)26(19-24)28(30,31)32;/h4-9,19,23,34H,1-3,10-18H2;1H4. The second-order valence-electron chi connectivity index (χ2n) is 9.93. The van der Waals surface area contributed by atoms with Gasteiger partial charge in [0.25, 0.3) is 0 Å². The molecule has 4 rings (SSSR count). The Morgan fingerprint density at radius 1 is 1.03 bits per heavy atom. The Hall–Kier alpha value is -2.96. The summed E-state index contributed by atoms with van der Waals surface area (Å²) in [5.74, 6) is 0.138. The number of benzene rings is 2. The summed E-state index contributed by atoms with van der Waals surface area (Å²) in [6, 6.07) is 13.2. The van der Waals surface area contributed by atoms with Gasteiger partial charge in [-0.15, -0.1) is 0 Å². The molecule has 39 heavy (non-hydrogen) atoms. The second-order valence-corrected chi connectivity index (χ2v) is 10.4. The molecule has 2 aromatic rings. The molecule has 6 nitrogen and oxygen atoms in total. The molecule has 0 saturated carbocycles. The number of alkyl halides is 3. The van der Waals surface area contributed by atoms with Gasteiger partial charge in [0, 0.05) is 61.6 Å². The summed E-state index contributed by atoms with van der Waals surface area (Å²) >= 11 is 6.01. The van der Waals surface area contributed by atoms with Crippen LogP contribution < -0.4 is 10.2 Å². The van der Waals surface area contributed by atoms with E-state index >= 15 is 0 Å². The number of nitrogens with one attached hydrogen (secondary N) is 1. The molecule has 212 valence electrons. The molecule has 2 aliphatic heterocycles. The Kier molecular flexibility index (Phi) is 10.9. The number of hydrogen-bond acceptors (Lipinski definition) is 5. The molecule has 10 heteroatoms. The summed E-state index contributed by atoms with van der Waals surface area (Å²) in [6.07, 6.45) is -0.869.